The second-order valence-corrected chi connectivity index (χ2v) is 12.2. The van der Waals surface area contributed by atoms with Gasteiger partial charge in [-0.05, 0) is 60.9 Å². The molecular weight excluding hydrogens is 559 g/mol. The molecule has 4 nitrogen and oxygen atoms in total. The zero-order valence-corrected chi connectivity index (χ0v) is 24.4. The maximum absolute atomic E-state index is 10.7. The molecule has 8 heteroatoms. The zero-order chi connectivity index (χ0) is 29.9. The van der Waals surface area contributed by atoms with Crippen LogP contribution in [0.2, 0.25) is 0 Å². The monoisotopic (exact) mass is 593 g/mol. The van der Waals surface area contributed by atoms with Gasteiger partial charge in [-0.2, -0.15) is 17.7 Å². The molecule has 2 aliphatic carbocycles. The van der Waals surface area contributed by atoms with Crippen LogP contribution in [0.3, 0.4) is 0 Å². The molecule has 0 amide bonds. The summed E-state index contributed by atoms with van der Waals surface area (Å²) in [6.07, 6.45) is 9.66. The van der Waals surface area contributed by atoms with Crippen LogP contribution in [-0.2, 0) is 42.3 Å². The Labute approximate surface area is 245 Å². The molecule has 0 atom stereocenters. The SMILES string of the molecule is CCCCCC[n+]1c2c(c(-c3ccccc3)c3c1-c1ccccc1CC3)CCc1ccccc1-2.O=S(=O)([O-])C(F)(F)F. The van der Waals surface area contributed by atoms with Crippen molar-refractivity contribution in [3.05, 3.63) is 101 Å². The van der Waals surface area contributed by atoms with Gasteiger partial charge in [0.2, 0.25) is 11.4 Å². The van der Waals surface area contributed by atoms with E-state index in [0.29, 0.717) is 0 Å². The van der Waals surface area contributed by atoms with Gasteiger partial charge in [0.25, 0.3) is 0 Å². The Morgan fingerprint density at radius 3 is 1.67 bits per heavy atom. The number of fused-ring (bicyclic) bond motifs is 6. The fraction of sp³-hybridized carbons (Fsp3) is 0.324. The van der Waals surface area contributed by atoms with Crippen molar-refractivity contribution in [1.29, 1.82) is 0 Å². The van der Waals surface area contributed by atoms with Crippen LogP contribution >= 0.6 is 0 Å². The van der Waals surface area contributed by atoms with Crippen LogP contribution in [0, 0.1) is 0 Å². The number of hydrogen-bond donors (Lipinski definition) is 0. The Hall–Kier alpha value is -3.49. The molecule has 0 unspecified atom stereocenters. The van der Waals surface area contributed by atoms with Gasteiger partial charge in [0.1, 0.15) is 6.54 Å². The lowest BCUT2D eigenvalue weighted by atomic mass is 9.77. The molecule has 4 aromatic rings. The van der Waals surface area contributed by atoms with Gasteiger partial charge >= 0.3 is 5.51 Å². The highest BCUT2D eigenvalue weighted by molar-refractivity contribution is 7.86. The Morgan fingerprint density at radius 2 is 1.19 bits per heavy atom. The quantitative estimate of drug-likeness (QED) is 0.0992. The molecule has 0 aliphatic heterocycles. The van der Waals surface area contributed by atoms with E-state index < -0.39 is 15.6 Å². The normalized spacial score (nSPS) is 13.6. The summed E-state index contributed by atoms with van der Waals surface area (Å²) in [5.74, 6) is 0. The summed E-state index contributed by atoms with van der Waals surface area (Å²) < 4.78 is 61.6. The molecule has 0 spiro atoms. The average Bonchev–Trinajstić information content (AvgIpc) is 2.98. The molecule has 0 saturated carbocycles. The van der Waals surface area contributed by atoms with Crippen LogP contribution in [0.25, 0.3) is 33.6 Å². The molecule has 220 valence electrons. The number of unbranched alkanes of at least 4 members (excludes halogenated alkanes) is 3. The number of hydrogen-bond acceptors (Lipinski definition) is 3. The molecule has 0 saturated heterocycles. The minimum atomic E-state index is -6.09. The second kappa shape index (κ2) is 12.4. The highest BCUT2D eigenvalue weighted by atomic mass is 32.2. The van der Waals surface area contributed by atoms with E-state index in [2.05, 4.69) is 90.4 Å². The maximum atomic E-state index is 10.7. The highest BCUT2D eigenvalue weighted by Gasteiger charge is 2.38. The van der Waals surface area contributed by atoms with Gasteiger partial charge in [0.15, 0.2) is 10.1 Å². The summed E-state index contributed by atoms with van der Waals surface area (Å²) in [5, 5.41) is 0. The molecule has 0 bridgehead atoms. The molecule has 0 radical (unpaired) electrons. The van der Waals surface area contributed by atoms with E-state index in [1.807, 2.05) is 0 Å². The first kappa shape index (κ1) is 30.0. The molecule has 1 aromatic heterocycles. The van der Waals surface area contributed by atoms with Crippen LogP contribution in [0.15, 0.2) is 78.9 Å². The minimum Gasteiger partial charge on any atom is -0.741 e. The van der Waals surface area contributed by atoms with Crippen LogP contribution < -0.4 is 4.57 Å². The molecule has 0 fully saturated rings. The summed E-state index contributed by atoms with van der Waals surface area (Å²) in [6.45, 7) is 3.40. The maximum Gasteiger partial charge on any atom is 0.485 e. The predicted molar refractivity (Wildman–Crippen MR) is 158 cm³/mol. The molecule has 6 rings (SSSR count). The first-order valence-electron chi connectivity index (χ1n) is 14.5. The molecule has 1 heterocycles. The number of pyridine rings is 1. The number of benzene rings is 3. The Balaban J connectivity index is 0.000000390. The zero-order valence-electron chi connectivity index (χ0n) is 23.6. The predicted octanol–water partition coefficient (Wildman–Crippen LogP) is 7.80. The molecule has 0 N–H and O–H groups in total. The van der Waals surface area contributed by atoms with Crippen molar-refractivity contribution < 1.29 is 30.7 Å². The van der Waals surface area contributed by atoms with Gasteiger partial charge in [-0.3, -0.25) is 0 Å². The van der Waals surface area contributed by atoms with Crippen LogP contribution in [0.5, 0.6) is 0 Å². The second-order valence-electron chi connectivity index (χ2n) is 10.8. The third kappa shape index (κ3) is 6.01. The van der Waals surface area contributed by atoms with E-state index in [4.69, 9.17) is 13.0 Å². The number of halogens is 3. The highest BCUT2D eigenvalue weighted by Crippen LogP contribution is 2.44. The first-order valence-corrected chi connectivity index (χ1v) is 15.9. The first-order chi connectivity index (χ1) is 20.1. The lowest BCUT2D eigenvalue weighted by molar-refractivity contribution is -0.676. The average molecular weight is 594 g/mol. The standard InChI is InChI=1S/C33H34N.CHF3O3S/c1-2-3-4-12-23-34-32-27-17-10-8-13-24(27)19-21-29(32)31(26-15-6-5-7-16-26)30-22-20-25-14-9-11-18-28(25)33(30)34;2-1(3,4)8(5,6)7/h5-11,13-18H,2-4,12,19-23H2,1H3;(H,5,6,7)/q+1;/p-1. The Kier molecular flexibility index (Phi) is 8.85. The van der Waals surface area contributed by atoms with E-state index in [1.165, 1.54) is 70.5 Å². The van der Waals surface area contributed by atoms with E-state index >= 15 is 0 Å². The Morgan fingerprint density at radius 1 is 0.714 bits per heavy atom. The topological polar surface area (TPSA) is 61.1 Å². The van der Waals surface area contributed by atoms with Crippen molar-refractivity contribution >= 4 is 10.1 Å². The number of nitrogens with zero attached hydrogens (tertiary/aromatic N) is 1. The number of aryl methyl sites for hydroxylation is 2. The minimum absolute atomic E-state index is 1.10. The fourth-order valence-corrected chi connectivity index (χ4v) is 6.29. The van der Waals surface area contributed by atoms with Crippen LogP contribution in [0.1, 0.15) is 54.9 Å². The molecular formula is C34H34F3NO3S. The molecule has 2 aliphatic rings. The van der Waals surface area contributed by atoms with Crippen LogP contribution in [-0.4, -0.2) is 18.5 Å². The van der Waals surface area contributed by atoms with Crippen molar-refractivity contribution in [2.75, 3.05) is 0 Å². The smallest absolute Gasteiger partial charge is 0.485 e. The van der Waals surface area contributed by atoms with E-state index in [-0.39, 0.29) is 0 Å². The van der Waals surface area contributed by atoms with Crippen molar-refractivity contribution in [3.8, 4) is 33.6 Å². The summed E-state index contributed by atoms with van der Waals surface area (Å²) in [5.41, 5.74) is 9.24. The Bertz CT molecular complexity index is 1610. The van der Waals surface area contributed by atoms with Gasteiger partial charge in [0.05, 0.1) is 0 Å². The van der Waals surface area contributed by atoms with Gasteiger partial charge in [-0.25, -0.2) is 8.42 Å². The molecule has 3 aromatic carbocycles. The van der Waals surface area contributed by atoms with Gasteiger partial charge in [-0.1, -0.05) is 86.5 Å². The summed E-state index contributed by atoms with van der Waals surface area (Å²) in [7, 11) is -6.09. The van der Waals surface area contributed by atoms with E-state index in [1.54, 1.807) is 11.1 Å². The summed E-state index contributed by atoms with van der Waals surface area (Å²) in [4.78, 5) is 0. The van der Waals surface area contributed by atoms with Crippen molar-refractivity contribution in [3.63, 3.8) is 0 Å². The number of aromatic nitrogens is 1. The van der Waals surface area contributed by atoms with Crippen molar-refractivity contribution in [2.45, 2.75) is 70.3 Å². The summed E-state index contributed by atoms with van der Waals surface area (Å²) >= 11 is 0. The third-order valence-electron chi connectivity index (χ3n) is 8.13. The summed E-state index contributed by atoms with van der Waals surface area (Å²) in [6, 6.07) is 29.5. The molecule has 42 heavy (non-hydrogen) atoms. The van der Waals surface area contributed by atoms with Crippen LogP contribution in [0.4, 0.5) is 13.2 Å². The van der Waals surface area contributed by atoms with Gasteiger partial charge in [0, 0.05) is 34.2 Å². The third-order valence-corrected chi connectivity index (χ3v) is 8.70. The van der Waals surface area contributed by atoms with Gasteiger partial charge < -0.3 is 4.55 Å². The lowest BCUT2D eigenvalue weighted by Crippen LogP contribution is -2.43. The number of rotatable bonds is 6. The fourth-order valence-electron chi connectivity index (χ4n) is 6.29. The largest absolute Gasteiger partial charge is 0.741 e. The number of alkyl halides is 3. The van der Waals surface area contributed by atoms with Gasteiger partial charge in [-0.15, -0.1) is 0 Å². The van der Waals surface area contributed by atoms with Crippen molar-refractivity contribution in [1.82, 2.24) is 0 Å². The van der Waals surface area contributed by atoms with Crippen molar-refractivity contribution in [2.24, 2.45) is 0 Å². The van der Waals surface area contributed by atoms with E-state index in [0.717, 1.165) is 32.2 Å². The lowest BCUT2D eigenvalue weighted by Gasteiger charge is -2.28. The van der Waals surface area contributed by atoms with E-state index in [9.17, 15) is 13.2 Å².